The van der Waals surface area contributed by atoms with Gasteiger partial charge in [0.25, 0.3) is 5.91 Å². The van der Waals surface area contributed by atoms with Crippen molar-refractivity contribution in [2.45, 2.75) is 6.92 Å². The van der Waals surface area contributed by atoms with Crippen LogP contribution in [0.15, 0.2) is 42.5 Å². The third kappa shape index (κ3) is 3.01. The lowest BCUT2D eigenvalue weighted by Crippen LogP contribution is -2.27. The molecule has 2 N–H and O–H groups in total. The van der Waals surface area contributed by atoms with Crippen molar-refractivity contribution in [3.8, 4) is 11.5 Å². The van der Waals surface area contributed by atoms with Crippen LogP contribution < -0.4 is 20.1 Å². The van der Waals surface area contributed by atoms with E-state index in [1.807, 2.05) is 13.0 Å². The maximum Gasteiger partial charge on any atom is 0.417 e. The van der Waals surface area contributed by atoms with Crippen LogP contribution in [0.3, 0.4) is 0 Å². The molecule has 2 amide bonds. The van der Waals surface area contributed by atoms with E-state index < -0.39 is 6.09 Å². The van der Waals surface area contributed by atoms with Crippen molar-refractivity contribution in [3.05, 3.63) is 48.0 Å². The highest BCUT2D eigenvalue weighted by molar-refractivity contribution is 5.99. The Labute approximate surface area is 127 Å². The molecule has 0 fully saturated rings. The van der Waals surface area contributed by atoms with Crippen molar-refractivity contribution in [1.29, 1.82) is 0 Å². The third-order valence-electron chi connectivity index (χ3n) is 3.05. The van der Waals surface area contributed by atoms with Gasteiger partial charge in [0.2, 0.25) is 0 Å². The molecule has 0 atom stereocenters. The highest BCUT2D eigenvalue weighted by atomic mass is 16.6. The molecule has 0 aromatic heterocycles. The topological polar surface area (TPSA) is 76.7 Å². The van der Waals surface area contributed by atoms with Crippen molar-refractivity contribution < 1.29 is 19.1 Å². The van der Waals surface area contributed by atoms with Crippen LogP contribution >= 0.6 is 0 Å². The van der Waals surface area contributed by atoms with Gasteiger partial charge in [0.1, 0.15) is 5.75 Å². The zero-order valence-electron chi connectivity index (χ0n) is 11.9. The molecule has 6 heteroatoms. The van der Waals surface area contributed by atoms with Crippen molar-refractivity contribution >= 4 is 23.4 Å². The Hall–Kier alpha value is -3.02. The van der Waals surface area contributed by atoms with Crippen LogP contribution in [0.1, 0.15) is 5.56 Å². The van der Waals surface area contributed by atoms with Crippen LogP contribution in [0.5, 0.6) is 11.5 Å². The number of amides is 2. The molecule has 6 nitrogen and oxygen atoms in total. The van der Waals surface area contributed by atoms with Crippen molar-refractivity contribution in [1.82, 2.24) is 0 Å². The van der Waals surface area contributed by atoms with Crippen LogP contribution in [0.4, 0.5) is 16.2 Å². The van der Waals surface area contributed by atoms with E-state index in [0.29, 0.717) is 22.9 Å². The predicted octanol–water partition coefficient (Wildman–Crippen LogP) is 2.94. The average Bonchev–Trinajstić information content (AvgIpc) is 2.47. The SMILES string of the molecule is Cc1cc2c(c(NC(=O)Oc3ccccc3)c1)OCC(=O)N2. The first-order valence-corrected chi connectivity index (χ1v) is 6.73. The van der Waals surface area contributed by atoms with E-state index >= 15 is 0 Å². The van der Waals surface area contributed by atoms with Crippen molar-refractivity contribution in [2.75, 3.05) is 17.2 Å². The Morgan fingerprint density at radius 1 is 1.27 bits per heavy atom. The Morgan fingerprint density at radius 3 is 2.82 bits per heavy atom. The summed E-state index contributed by atoms with van der Waals surface area (Å²) < 4.78 is 10.6. The number of rotatable bonds is 2. The number of carbonyl (C=O) groups is 2. The first kappa shape index (κ1) is 13.9. The van der Waals surface area contributed by atoms with Gasteiger partial charge in [-0.1, -0.05) is 18.2 Å². The summed E-state index contributed by atoms with van der Waals surface area (Å²) in [6, 6.07) is 12.3. The molecule has 1 aliphatic heterocycles. The minimum atomic E-state index is -0.625. The molecule has 0 bridgehead atoms. The van der Waals surface area contributed by atoms with Gasteiger partial charge in [-0.05, 0) is 36.8 Å². The molecule has 1 heterocycles. The molecule has 0 radical (unpaired) electrons. The second-order valence-electron chi connectivity index (χ2n) is 4.85. The molecular weight excluding hydrogens is 284 g/mol. The minimum absolute atomic E-state index is 0.0848. The van der Waals surface area contributed by atoms with Crippen molar-refractivity contribution in [3.63, 3.8) is 0 Å². The third-order valence-corrected chi connectivity index (χ3v) is 3.05. The van der Waals surface area contributed by atoms with Crippen LogP contribution in [0.25, 0.3) is 0 Å². The number of aryl methyl sites for hydroxylation is 1. The molecular formula is C16H14N2O4. The first-order chi connectivity index (χ1) is 10.6. The number of ether oxygens (including phenoxy) is 2. The number of carbonyl (C=O) groups excluding carboxylic acids is 2. The molecule has 2 aromatic carbocycles. The molecule has 0 spiro atoms. The summed E-state index contributed by atoms with van der Waals surface area (Å²) in [5, 5.41) is 5.34. The van der Waals surface area contributed by atoms with Gasteiger partial charge in [0.05, 0.1) is 11.4 Å². The maximum absolute atomic E-state index is 12.0. The summed E-state index contributed by atoms with van der Waals surface area (Å²) in [6.45, 7) is 1.77. The lowest BCUT2D eigenvalue weighted by molar-refractivity contribution is -0.118. The number of hydrogen-bond acceptors (Lipinski definition) is 4. The fourth-order valence-corrected chi connectivity index (χ4v) is 2.17. The molecule has 0 unspecified atom stereocenters. The van der Waals surface area contributed by atoms with E-state index in [-0.39, 0.29) is 12.5 Å². The smallest absolute Gasteiger partial charge is 0.417 e. The van der Waals surface area contributed by atoms with E-state index in [9.17, 15) is 9.59 Å². The highest BCUT2D eigenvalue weighted by Crippen LogP contribution is 2.37. The Morgan fingerprint density at radius 2 is 2.05 bits per heavy atom. The van der Waals surface area contributed by atoms with E-state index in [1.54, 1.807) is 36.4 Å². The van der Waals surface area contributed by atoms with Crippen molar-refractivity contribution in [2.24, 2.45) is 0 Å². The van der Waals surface area contributed by atoms with Gasteiger partial charge in [-0.15, -0.1) is 0 Å². The van der Waals surface area contributed by atoms with E-state index in [4.69, 9.17) is 9.47 Å². The summed E-state index contributed by atoms with van der Waals surface area (Å²) in [7, 11) is 0. The van der Waals surface area contributed by atoms with Gasteiger partial charge in [-0.2, -0.15) is 0 Å². The Balaban J connectivity index is 1.80. The molecule has 1 aliphatic rings. The number of benzene rings is 2. The quantitative estimate of drug-likeness (QED) is 0.893. The molecule has 0 aliphatic carbocycles. The summed E-state index contributed by atoms with van der Waals surface area (Å²) in [6.07, 6.45) is -0.625. The number of hydrogen-bond donors (Lipinski definition) is 2. The largest absolute Gasteiger partial charge is 0.479 e. The molecule has 2 aromatic rings. The summed E-state index contributed by atoms with van der Waals surface area (Å²) >= 11 is 0. The predicted molar refractivity (Wildman–Crippen MR) is 81.4 cm³/mol. The number of fused-ring (bicyclic) bond motifs is 1. The van der Waals surface area contributed by atoms with Gasteiger partial charge in [-0.3, -0.25) is 10.1 Å². The second-order valence-corrected chi connectivity index (χ2v) is 4.85. The van der Waals surface area contributed by atoms with Crippen LogP contribution in [0, 0.1) is 6.92 Å². The van der Waals surface area contributed by atoms with Crippen LogP contribution in [0.2, 0.25) is 0 Å². The zero-order valence-corrected chi connectivity index (χ0v) is 11.9. The van der Waals surface area contributed by atoms with Crippen LogP contribution in [-0.2, 0) is 4.79 Å². The Bertz CT molecular complexity index is 728. The molecule has 22 heavy (non-hydrogen) atoms. The maximum atomic E-state index is 12.0. The summed E-state index contributed by atoms with van der Waals surface area (Å²) in [4.78, 5) is 23.3. The van der Waals surface area contributed by atoms with Crippen LogP contribution in [-0.4, -0.2) is 18.6 Å². The lowest BCUT2D eigenvalue weighted by Gasteiger charge is -2.21. The zero-order chi connectivity index (χ0) is 15.5. The van der Waals surface area contributed by atoms with Gasteiger partial charge >= 0.3 is 6.09 Å². The standard InChI is InChI=1S/C16H14N2O4/c1-10-7-12-15(21-9-14(19)17-12)13(8-10)18-16(20)22-11-5-3-2-4-6-11/h2-8H,9H2,1H3,(H,17,19)(H,18,20). The Kier molecular flexibility index (Phi) is 3.65. The van der Waals surface area contributed by atoms with E-state index in [0.717, 1.165) is 5.56 Å². The number of nitrogens with one attached hydrogen (secondary N) is 2. The number of anilines is 2. The van der Waals surface area contributed by atoms with E-state index in [2.05, 4.69) is 10.6 Å². The second kappa shape index (κ2) is 5.77. The lowest BCUT2D eigenvalue weighted by atomic mass is 10.1. The summed E-state index contributed by atoms with van der Waals surface area (Å²) in [5.74, 6) is 0.641. The molecule has 0 saturated heterocycles. The minimum Gasteiger partial charge on any atom is -0.479 e. The van der Waals surface area contributed by atoms with Gasteiger partial charge in [-0.25, -0.2) is 4.79 Å². The fourth-order valence-electron chi connectivity index (χ4n) is 2.17. The van der Waals surface area contributed by atoms with Gasteiger partial charge in [0.15, 0.2) is 12.4 Å². The van der Waals surface area contributed by atoms with Gasteiger partial charge in [0, 0.05) is 0 Å². The highest BCUT2D eigenvalue weighted by Gasteiger charge is 2.21. The monoisotopic (exact) mass is 298 g/mol. The molecule has 3 rings (SSSR count). The van der Waals surface area contributed by atoms with E-state index in [1.165, 1.54) is 0 Å². The average molecular weight is 298 g/mol. The normalized spacial score (nSPS) is 12.7. The first-order valence-electron chi connectivity index (χ1n) is 6.73. The van der Waals surface area contributed by atoms with Gasteiger partial charge < -0.3 is 14.8 Å². The molecule has 112 valence electrons. The molecule has 0 saturated carbocycles. The number of para-hydroxylation sites is 1. The fraction of sp³-hybridized carbons (Fsp3) is 0.125. The summed E-state index contributed by atoms with van der Waals surface area (Å²) in [5.41, 5.74) is 1.86.